The lowest BCUT2D eigenvalue weighted by Crippen LogP contribution is -2.57. The quantitative estimate of drug-likeness (QED) is 0.0763. The molecule has 220 valence electrons. The highest BCUT2D eigenvalue weighted by Crippen LogP contribution is 2.10. The molecule has 0 aliphatic heterocycles. The van der Waals surface area contributed by atoms with Crippen molar-refractivity contribution in [1.82, 2.24) is 21.3 Å². The monoisotopic (exact) mass is 576 g/mol. The minimum absolute atomic E-state index is 0.0495. The molecule has 0 bridgehead atoms. The van der Waals surface area contributed by atoms with E-state index in [0.29, 0.717) is 55.9 Å². The molecule has 38 heavy (non-hydrogen) atoms. The molecule has 0 rings (SSSR count). The summed E-state index contributed by atoms with van der Waals surface area (Å²) >= 11 is 6.49. The summed E-state index contributed by atoms with van der Waals surface area (Å²) in [5.74, 6) is -2.03. The summed E-state index contributed by atoms with van der Waals surface area (Å²) in [5.41, 5.74) is 11.5. The van der Waals surface area contributed by atoms with Crippen LogP contribution in [0.1, 0.15) is 72.1 Å². The fraction of sp³-hybridized carbons (Fsp3) is 0.800. The van der Waals surface area contributed by atoms with Crippen LogP contribution in [0, 0.1) is 5.92 Å². The maximum atomic E-state index is 13.3. The van der Waals surface area contributed by atoms with E-state index in [-0.39, 0.29) is 12.3 Å². The molecule has 0 aromatic heterocycles. The van der Waals surface area contributed by atoms with Crippen LogP contribution in [-0.2, 0) is 19.2 Å². The molecule has 0 saturated carbocycles. The molecule has 3 amide bonds. The minimum atomic E-state index is -1.13. The first-order chi connectivity index (χ1) is 17.9. The molecule has 11 nitrogen and oxygen atoms in total. The van der Waals surface area contributed by atoms with Gasteiger partial charge in [-0.05, 0) is 76.3 Å². The topological polar surface area (TPSA) is 189 Å². The standard InChI is InChI=1S/C25H48N6O5S2/c1-16(2)15-21(24(34)30-20(25(35)36)11-14-38-4)31-23(33)19(10-6-8-13-28-17(3)37)29-22(32)18(27)9-5-7-12-26/h16,18-21H,5-15,26-27H2,1-4H3,(H,28,37)(H,29,32)(H,30,34)(H,31,33)(H,35,36)/t18-,19-,20-,21-/m0/s1. The molecule has 0 aliphatic carbocycles. The molecule has 0 aliphatic rings. The Kier molecular flexibility index (Phi) is 19.9. The maximum absolute atomic E-state index is 13.3. The van der Waals surface area contributed by atoms with Crippen LogP contribution in [0.15, 0.2) is 0 Å². The van der Waals surface area contributed by atoms with Gasteiger partial charge in [-0.3, -0.25) is 14.4 Å². The molecule has 0 heterocycles. The summed E-state index contributed by atoms with van der Waals surface area (Å²) < 4.78 is 0. The predicted octanol–water partition coefficient (Wildman–Crippen LogP) is 0.888. The summed E-state index contributed by atoms with van der Waals surface area (Å²) in [6.07, 6.45) is 6.00. The second kappa shape index (κ2) is 20.9. The second-order valence-electron chi connectivity index (χ2n) is 9.80. The van der Waals surface area contributed by atoms with Crippen LogP contribution in [0.5, 0.6) is 0 Å². The van der Waals surface area contributed by atoms with Crippen molar-refractivity contribution >= 4 is 52.7 Å². The lowest BCUT2D eigenvalue weighted by molar-refractivity contribution is -0.142. The van der Waals surface area contributed by atoms with E-state index in [1.54, 1.807) is 6.92 Å². The molecule has 0 aromatic carbocycles. The molecule has 0 fully saturated rings. The molecular formula is C25H48N6O5S2. The van der Waals surface area contributed by atoms with E-state index in [1.165, 1.54) is 11.8 Å². The summed E-state index contributed by atoms with van der Waals surface area (Å²) in [6.45, 7) is 6.74. The summed E-state index contributed by atoms with van der Waals surface area (Å²) in [6, 6.07) is -3.68. The lowest BCUT2D eigenvalue weighted by atomic mass is 10.0. The number of hydrogen-bond donors (Lipinski definition) is 7. The molecule has 0 unspecified atom stereocenters. The van der Waals surface area contributed by atoms with Crippen LogP contribution in [0.25, 0.3) is 0 Å². The number of amides is 3. The van der Waals surface area contributed by atoms with E-state index >= 15 is 0 Å². The second-order valence-corrected chi connectivity index (χ2v) is 11.4. The van der Waals surface area contributed by atoms with E-state index in [1.807, 2.05) is 20.1 Å². The first kappa shape index (κ1) is 36.0. The zero-order valence-electron chi connectivity index (χ0n) is 23.2. The van der Waals surface area contributed by atoms with Gasteiger partial charge in [-0.1, -0.05) is 32.5 Å². The Morgan fingerprint density at radius 2 is 1.45 bits per heavy atom. The number of carbonyl (C=O) groups excluding carboxylic acids is 3. The van der Waals surface area contributed by atoms with Crippen molar-refractivity contribution in [2.75, 3.05) is 25.1 Å². The average Bonchev–Trinajstić information content (AvgIpc) is 2.84. The Hall–Kier alpha value is -1.96. The molecule has 9 N–H and O–H groups in total. The van der Waals surface area contributed by atoms with Gasteiger partial charge in [-0.25, -0.2) is 4.79 Å². The van der Waals surface area contributed by atoms with Gasteiger partial charge in [0.05, 0.1) is 11.0 Å². The van der Waals surface area contributed by atoms with Crippen molar-refractivity contribution in [2.45, 2.75) is 96.3 Å². The summed E-state index contributed by atoms with van der Waals surface area (Å²) in [5, 5.41) is 20.6. The number of thioether (sulfide) groups is 1. The smallest absolute Gasteiger partial charge is 0.326 e. The third-order valence-corrected chi connectivity index (χ3v) is 6.59. The van der Waals surface area contributed by atoms with Crippen LogP contribution in [0.4, 0.5) is 0 Å². The van der Waals surface area contributed by atoms with Gasteiger partial charge in [0.15, 0.2) is 0 Å². The van der Waals surface area contributed by atoms with Crippen molar-refractivity contribution in [3.05, 3.63) is 0 Å². The Morgan fingerprint density at radius 1 is 0.868 bits per heavy atom. The lowest BCUT2D eigenvalue weighted by Gasteiger charge is -2.26. The molecule has 0 radical (unpaired) electrons. The number of unbranched alkanes of at least 4 members (excludes halogenated alkanes) is 2. The highest BCUT2D eigenvalue weighted by molar-refractivity contribution is 7.98. The number of nitrogens with one attached hydrogen (secondary N) is 4. The van der Waals surface area contributed by atoms with Gasteiger partial charge in [-0.2, -0.15) is 11.8 Å². The zero-order valence-corrected chi connectivity index (χ0v) is 24.8. The number of carbonyl (C=O) groups is 4. The van der Waals surface area contributed by atoms with Crippen LogP contribution >= 0.6 is 24.0 Å². The van der Waals surface area contributed by atoms with Crippen molar-refractivity contribution in [3.63, 3.8) is 0 Å². The van der Waals surface area contributed by atoms with Crippen LogP contribution in [-0.4, -0.2) is 83.1 Å². The Morgan fingerprint density at radius 3 is 2.00 bits per heavy atom. The number of aliphatic carboxylic acids is 1. The number of nitrogens with two attached hydrogens (primary N) is 2. The van der Waals surface area contributed by atoms with E-state index in [9.17, 15) is 24.3 Å². The zero-order chi connectivity index (χ0) is 29.1. The number of thiocarbonyl (C=S) groups is 1. The number of carboxylic acid groups (broad SMARTS) is 1. The van der Waals surface area contributed by atoms with E-state index < -0.39 is 47.9 Å². The first-order valence-electron chi connectivity index (χ1n) is 13.3. The Bertz CT molecular complexity index is 756. The van der Waals surface area contributed by atoms with Gasteiger partial charge in [0.1, 0.15) is 18.1 Å². The highest BCUT2D eigenvalue weighted by atomic mass is 32.2. The van der Waals surface area contributed by atoms with Gasteiger partial charge < -0.3 is 37.8 Å². The van der Waals surface area contributed by atoms with Crippen LogP contribution in [0.2, 0.25) is 0 Å². The fourth-order valence-electron chi connectivity index (χ4n) is 3.67. The highest BCUT2D eigenvalue weighted by Gasteiger charge is 2.30. The Labute approximate surface area is 236 Å². The average molecular weight is 577 g/mol. The summed E-state index contributed by atoms with van der Waals surface area (Å²) in [4.78, 5) is 51.3. The van der Waals surface area contributed by atoms with Gasteiger partial charge in [0.25, 0.3) is 0 Å². The third kappa shape index (κ3) is 16.8. The summed E-state index contributed by atoms with van der Waals surface area (Å²) in [7, 11) is 0. The molecular weight excluding hydrogens is 528 g/mol. The fourth-order valence-corrected chi connectivity index (χ4v) is 4.24. The minimum Gasteiger partial charge on any atom is -0.480 e. The van der Waals surface area contributed by atoms with Gasteiger partial charge >= 0.3 is 5.97 Å². The predicted molar refractivity (Wildman–Crippen MR) is 157 cm³/mol. The van der Waals surface area contributed by atoms with E-state index in [0.717, 1.165) is 12.8 Å². The van der Waals surface area contributed by atoms with Crippen LogP contribution < -0.4 is 32.7 Å². The molecule has 13 heteroatoms. The molecule has 0 saturated heterocycles. The van der Waals surface area contributed by atoms with Crippen molar-refractivity contribution in [1.29, 1.82) is 0 Å². The molecule has 0 spiro atoms. The number of hydrogen-bond acceptors (Lipinski definition) is 8. The maximum Gasteiger partial charge on any atom is 0.326 e. The third-order valence-electron chi connectivity index (χ3n) is 5.80. The van der Waals surface area contributed by atoms with E-state index in [2.05, 4.69) is 21.3 Å². The first-order valence-corrected chi connectivity index (χ1v) is 15.1. The van der Waals surface area contributed by atoms with Crippen molar-refractivity contribution in [2.24, 2.45) is 17.4 Å². The molecule has 0 aromatic rings. The normalized spacial score (nSPS) is 14.2. The van der Waals surface area contributed by atoms with E-state index in [4.69, 9.17) is 23.7 Å². The van der Waals surface area contributed by atoms with Crippen LogP contribution in [0.3, 0.4) is 0 Å². The Balaban J connectivity index is 5.49. The largest absolute Gasteiger partial charge is 0.480 e. The van der Waals surface area contributed by atoms with Gasteiger partial charge in [-0.15, -0.1) is 0 Å². The SMILES string of the molecule is CSCC[C@H](NC(=O)[C@H](CC(C)C)NC(=O)[C@H](CCCCNC(C)=S)NC(=O)[C@@H](N)CCCCN)C(=O)O. The van der Waals surface area contributed by atoms with Crippen molar-refractivity contribution in [3.8, 4) is 0 Å². The molecule has 4 atom stereocenters. The van der Waals surface area contributed by atoms with Gasteiger partial charge in [0.2, 0.25) is 17.7 Å². The van der Waals surface area contributed by atoms with Crippen molar-refractivity contribution < 1.29 is 24.3 Å². The van der Waals surface area contributed by atoms with Gasteiger partial charge in [0, 0.05) is 6.54 Å². The number of carboxylic acids is 1. The number of rotatable bonds is 21.